The van der Waals surface area contributed by atoms with E-state index in [1.165, 1.54) is 0 Å². The van der Waals surface area contributed by atoms with Crippen molar-refractivity contribution in [3.05, 3.63) is 0 Å². The summed E-state index contributed by atoms with van der Waals surface area (Å²) < 4.78 is 0. The maximum absolute atomic E-state index is 12.1. The topological polar surface area (TPSA) is 69.6 Å². The Balaban J connectivity index is 1.80. The minimum Gasteiger partial charge on any atom is -0.396 e. The third-order valence-corrected chi connectivity index (χ3v) is 3.76. The van der Waals surface area contributed by atoms with Crippen molar-refractivity contribution in [1.29, 1.82) is 0 Å². The van der Waals surface area contributed by atoms with E-state index in [1.54, 1.807) is 0 Å². The molecular weight excluding hydrogens is 220 g/mol. The Morgan fingerprint density at radius 2 is 2.06 bits per heavy atom. The van der Waals surface area contributed by atoms with Gasteiger partial charge >= 0.3 is 0 Å². The number of hydrogen-bond acceptors (Lipinski definition) is 3. The van der Waals surface area contributed by atoms with Crippen LogP contribution in [-0.2, 0) is 9.59 Å². The van der Waals surface area contributed by atoms with Crippen LogP contribution >= 0.6 is 0 Å². The van der Waals surface area contributed by atoms with Gasteiger partial charge in [0.2, 0.25) is 11.8 Å². The minimum atomic E-state index is -0.295. The molecule has 2 saturated heterocycles. The number of carbonyl (C=O) groups excluding carboxylic acids is 2. The van der Waals surface area contributed by atoms with Crippen LogP contribution in [0.2, 0.25) is 0 Å². The third kappa shape index (κ3) is 2.97. The molecule has 5 nitrogen and oxygen atoms in total. The summed E-state index contributed by atoms with van der Waals surface area (Å²) in [7, 11) is 0. The van der Waals surface area contributed by atoms with E-state index in [4.69, 9.17) is 5.11 Å². The summed E-state index contributed by atoms with van der Waals surface area (Å²) in [5.74, 6) is 0.596. The Kier molecular flexibility index (Phi) is 3.99. The summed E-state index contributed by atoms with van der Waals surface area (Å²) >= 11 is 0. The third-order valence-electron chi connectivity index (χ3n) is 3.76. The van der Waals surface area contributed by atoms with Gasteiger partial charge in [0.25, 0.3) is 0 Å². The van der Waals surface area contributed by atoms with Gasteiger partial charge < -0.3 is 15.3 Å². The molecule has 2 fully saturated rings. The van der Waals surface area contributed by atoms with Crippen molar-refractivity contribution in [3.8, 4) is 0 Å². The van der Waals surface area contributed by atoms with Crippen molar-refractivity contribution in [3.63, 3.8) is 0 Å². The zero-order chi connectivity index (χ0) is 12.3. The van der Waals surface area contributed by atoms with Crippen molar-refractivity contribution >= 4 is 11.8 Å². The summed E-state index contributed by atoms with van der Waals surface area (Å²) in [4.78, 5) is 25.0. The van der Waals surface area contributed by atoms with E-state index in [0.717, 1.165) is 32.4 Å². The highest BCUT2D eigenvalue weighted by Gasteiger charge is 2.32. The normalized spacial score (nSPS) is 26.1. The first-order chi connectivity index (χ1) is 8.20. The first kappa shape index (κ1) is 12.4. The quantitative estimate of drug-likeness (QED) is 0.723. The van der Waals surface area contributed by atoms with E-state index < -0.39 is 0 Å². The van der Waals surface area contributed by atoms with Crippen molar-refractivity contribution in [1.82, 2.24) is 10.2 Å². The van der Waals surface area contributed by atoms with Gasteiger partial charge in [-0.05, 0) is 31.6 Å². The van der Waals surface area contributed by atoms with Gasteiger partial charge in [-0.1, -0.05) is 0 Å². The van der Waals surface area contributed by atoms with Gasteiger partial charge in [-0.25, -0.2) is 0 Å². The number of piperidine rings is 1. The van der Waals surface area contributed by atoms with Crippen molar-refractivity contribution < 1.29 is 14.7 Å². The highest BCUT2D eigenvalue weighted by atomic mass is 16.3. The Morgan fingerprint density at radius 3 is 2.59 bits per heavy atom. The molecule has 1 atom stereocenters. The molecule has 2 heterocycles. The number of hydrogen-bond donors (Lipinski definition) is 2. The summed E-state index contributed by atoms with van der Waals surface area (Å²) in [6, 6.07) is -0.295. The fraction of sp³-hybridized carbons (Fsp3) is 0.833. The Hall–Kier alpha value is -1.10. The highest BCUT2D eigenvalue weighted by molar-refractivity contribution is 5.90. The van der Waals surface area contributed by atoms with Crippen LogP contribution in [0.25, 0.3) is 0 Å². The van der Waals surface area contributed by atoms with Crippen LogP contribution in [0.4, 0.5) is 0 Å². The first-order valence-corrected chi connectivity index (χ1v) is 6.39. The molecule has 0 saturated carbocycles. The number of nitrogens with zero attached hydrogens (tertiary/aromatic N) is 1. The van der Waals surface area contributed by atoms with Gasteiger partial charge in [0.05, 0.1) is 0 Å². The molecule has 2 rings (SSSR count). The van der Waals surface area contributed by atoms with Crippen LogP contribution in [0.1, 0.15) is 32.1 Å². The number of likely N-dealkylation sites (tertiary alicyclic amines) is 1. The zero-order valence-electron chi connectivity index (χ0n) is 10.0. The summed E-state index contributed by atoms with van der Waals surface area (Å²) in [6.45, 7) is 1.75. The van der Waals surface area contributed by atoms with Crippen molar-refractivity contribution in [2.75, 3.05) is 19.7 Å². The van der Waals surface area contributed by atoms with E-state index in [2.05, 4.69) is 5.32 Å². The Labute approximate surface area is 101 Å². The van der Waals surface area contributed by atoms with E-state index >= 15 is 0 Å². The molecule has 0 bridgehead atoms. The molecule has 0 aromatic carbocycles. The molecule has 0 spiro atoms. The zero-order valence-corrected chi connectivity index (χ0v) is 10.0. The summed E-state index contributed by atoms with van der Waals surface area (Å²) in [5.41, 5.74) is 0. The molecule has 2 aliphatic heterocycles. The van der Waals surface area contributed by atoms with Crippen LogP contribution < -0.4 is 5.32 Å². The molecule has 2 N–H and O–H groups in total. The average Bonchev–Trinajstić information content (AvgIpc) is 2.76. The van der Waals surface area contributed by atoms with Crippen LogP contribution in [0, 0.1) is 5.92 Å². The Bertz CT molecular complexity index is 298. The summed E-state index contributed by atoms with van der Waals surface area (Å²) in [5, 5.41) is 11.6. The van der Waals surface area contributed by atoms with Crippen LogP contribution in [0.5, 0.6) is 0 Å². The molecule has 0 aromatic rings. The van der Waals surface area contributed by atoms with E-state index in [-0.39, 0.29) is 24.5 Å². The second-order valence-electron chi connectivity index (χ2n) is 4.94. The minimum absolute atomic E-state index is 0.0153. The number of aliphatic hydroxyl groups excluding tert-OH is 1. The van der Waals surface area contributed by atoms with Gasteiger partial charge in [-0.3, -0.25) is 9.59 Å². The Morgan fingerprint density at radius 1 is 1.35 bits per heavy atom. The van der Waals surface area contributed by atoms with E-state index in [0.29, 0.717) is 18.8 Å². The highest BCUT2D eigenvalue weighted by Crippen LogP contribution is 2.21. The van der Waals surface area contributed by atoms with Crippen LogP contribution in [-0.4, -0.2) is 47.6 Å². The smallest absolute Gasteiger partial charge is 0.245 e. The van der Waals surface area contributed by atoms with Gasteiger partial charge in [0.1, 0.15) is 6.04 Å². The van der Waals surface area contributed by atoms with Gasteiger partial charge in [-0.2, -0.15) is 0 Å². The van der Waals surface area contributed by atoms with E-state index in [1.807, 2.05) is 4.90 Å². The molecule has 96 valence electrons. The monoisotopic (exact) mass is 240 g/mol. The molecule has 2 aliphatic rings. The first-order valence-electron chi connectivity index (χ1n) is 6.39. The average molecular weight is 240 g/mol. The standard InChI is InChI=1S/C12H20N2O3/c15-8-5-9-3-6-14(7-4-9)12(17)10-1-2-11(16)13-10/h9-10,15H,1-8H2,(H,13,16)/t10-/m0/s1. The number of amides is 2. The predicted molar refractivity (Wildman–Crippen MR) is 62.2 cm³/mol. The maximum Gasteiger partial charge on any atom is 0.245 e. The lowest BCUT2D eigenvalue weighted by Gasteiger charge is -2.33. The second-order valence-corrected chi connectivity index (χ2v) is 4.94. The molecule has 5 heteroatoms. The van der Waals surface area contributed by atoms with Gasteiger partial charge in [0, 0.05) is 26.1 Å². The predicted octanol–water partition coefficient (Wildman–Crippen LogP) is -0.114. The summed E-state index contributed by atoms with van der Waals surface area (Å²) in [6.07, 6.45) is 3.87. The molecule has 2 amide bonds. The fourth-order valence-electron chi connectivity index (χ4n) is 2.64. The molecule has 0 aliphatic carbocycles. The fourth-order valence-corrected chi connectivity index (χ4v) is 2.64. The van der Waals surface area contributed by atoms with Crippen LogP contribution in [0.3, 0.4) is 0 Å². The molecule has 0 radical (unpaired) electrons. The van der Waals surface area contributed by atoms with Gasteiger partial charge in [0.15, 0.2) is 0 Å². The van der Waals surface area contributed by atoms with Crippen LogP contribution in [0.15, 0.2) is 0 Å². The maximum atomic E-state index is 12.1. The van der Waals surface area contributed by atoms with Gasteiger partial charge in [-0.15, -0.1) is 0 Å². The SMILES string of the molecule is O=C1CC[C@@H](C(=O)N2CCC(CCO)CC2)N1. The van der Waals surface area contributed by atoms with E-state index in [9.17, 15) is 9.59 Å². The lowest BCUT2D eigenvalue weighted by Crippen LogP contribution is -2.47. The number of aliphatic hydroxyl groups is 1. The lowest BCUT2D eigenvalue weighted by atomic mass is 9.93. The molecule has 17 heavy (non-hydrogen) atoms. The van der Waals surface area contributed by atoms with Crippen molar-refractivity contribution in [2.24, 2.45) is 5.92 Å². The number of carbonyl (C=O) groups is 2. The number of rotatable bonds is 3. The largest absolute Gasteiger partial charge is 0.396 e. The molecule has 0 unspecified atom stereocenters. The number of nitrogens with one attached hydrogen (secondary N) is 1. The molecule has 0 aromatic heterocycles. The van der Waals surface area contributed by atoms with Crippen molar-refractivity contribution in [2.45, 2.75) is 38.1 Å². The molecular formula is C12H20N2O3. The second kappa shape index (κ2) is 5.49. The lowest BCUT2D eigenvalue weighted by molar-refractivity contribution is -0.135.